The summed E-state index contributed by atoms with van der Waals surface area (Å²) >= 11 is 5.58. The summed E-state index contributed by atoms with van der Waals surface area (Å²) in [5.74, 6) is 0.554. The third-order valence-electron chi connectivity index (χ3n) is 5.41. The Morgan fingerprint density at radius 2 is 1.12 bits per heavy atom. The SMILES string of the molecule is [Ac].[Ac].[NH-]Cc1ccc(CCl)cc1.[NH-]Cc1ccc(CN2CCN(c3ccncc3)CC2)cc1. The van der Waals surface area contributed by atoms with E-state index in [-0.39, 0.29) is 88.1 Å². The molecule has 2 radical (unpaired) electrons. The molecule has 0 amide bonds. The molecule has 1 fully saturated rings. The normalized spacial score (nSPS) is 13.2. The van der Waals surface area contributed by atoms with Crippen molar-refractivity contribution in [3.05, 3.63) is 107 Å². The van der Waals surface area contributed by atoms with Gasteiger partial charge in [0.05, 0.1) is 0 Å². The molecule has 3 aromatic rings. The molecule has 8 heteroatoms. The molecule has 0 unspecified atom stereocenters. The Morgan fingerprint density at radius 1 is 0.667 bits per heavy atom. The summed E-state index contributed by atoms with van der Waals surface area (Å²) in [4.78, 5) is 8.99. The van der Waals surface area contributed by atoms with E-state index in [1.165, 1.54) is 11.3 Å². The molecule has 0 bridgehead atoms. The Kier molecular flexibility index (Phi) is 17.0. The van der Waals surface area contributed by atoms with Crippen molar-refractivity contribution in [2.75, 3.05) is 31.1 Å². The largest absolute Gasteiger partial charge is 0.674 e. The Morgan fingerprint density at radius 3 is 1.58 bits per heavy atom. The van der Waals surface area contributed by atoms with Gasteiger partial charge in [-0.25, -0.2) is 0 Å². The van der Waals surface area contributed by atoms with E-state index >= 15 is 0 Å². The molecule has 2 N–H and O–H groups in total. The van der Waals surface area contributed by atoms with Gasteiger partial charge >= 0.3 is 0 Å². The average molecular weight is 890 g/mol. The van der Waals surface area contributed by atoms with Crippen molar-refractivity contribution in [3.63, 3.8) is 0 Å². The van der Waals surface area contributed by atoms with Crippen LogP contribution in [-0.4, -0.2) is 36.1 Å². The van der Waals surface area contributed by atoms with Crippen LogP contribution in [0.2, 0.25) is 0 Å². The van der Waals surface area contributed by atoms with Gasteiger partial charge in [-0.15, -0.1) is 24.7 Å². The van der Waals surface area contributed by atoms with Gasteiger partial charge in [0.15, 0.2) is 0 Å². The fourth-order valence-corrected chi connectivity index (χ4v) is 3.66. The number of rotatable bonds is 6. The van der Waals surface area contributed by atoms with Gasteiger partial charge in [-0.2, -0.15) is 0 Å². The minimum atomic E-state index is 0. The first-order valence-corrected chi connectivity index (χ1v) is 11.1. The van der Waals surface area contributed by atoms with Crippen molar-refractivity contribution < 1.29 is 88.1 Å². The van der Waals surface area contributed by atoms with Crippen LogP contribution in [0.4, 0.5) is 5.69 Å². The Hall–Kier alpha value is 0.443. The molecule has 5 nitrogen and oxygen atoms in total. The molecule has 1 aliphatic rings. The topological polar surface area (TPSA) is 67.0 Å². The van der Waals surface area contributed by atoms with Crippen LogP contribution >= 0.6 is 11.6 Å². The number of hydrogen-bond acceptors (Lipinski definition) is 3. The zero-order chi connectivity index (χ0) is 21.9. The molecule has 2 heterocycles. The summed E-state index contributed by atoms with van der Waals surface area (Å²) in [6.45, 7) is 6.02. The average Bonchev–Trinajstić information content (AvgIpc) is 2.86. The van der Waals surface area contributed by atoms with Crippen LogP contribution in [0, 0.1) is 88.1 Å². The first-order valence-electron chi connectivity index (χ1n) is 10.6. The van der Waals surface area contributed by atoms with Gasteiger partial charge in [-0.1, -0.05) is 59.7 Å². The Labute approximate surface area is 274 Å². The molecule has 2 aromatic carbocycles. The van der Waals surface area contributed by atoms with E-state index in [2.05, 4.69) is 51.2 Å². The fourth-order valence-electron chi connectivity index (χ4n) is 3.49. The van der Waals surface area contributed by atoms with Crippen molar-refractivity contribution in [2.24, 2.45) is 0 Å². The van der Waals surface area contributed by atoms with E-state index in [1.54, 1.807) is 0 Å². The van der Waals surface area contributed by atoms with E-state index < -0.39 is 0 Å². The van der Waals surface area contributed by atoms with Crippen molar-refractivity contribution in [3.8, 4) is 0 Å². The first kappa shape index (κ1) is 31.5. The predicted octanol–water partition coefficient (Wildman–Crippen LogP) is 5.93. The van der Waals surface area contributed by atoms with Crippen LogP contribution in [0.25, 0.3) is 11.5 Å². The fraction of sp³-hybridized carbons (Fsp3) is 0.320. The Bertz CT molecular complexity index is 864. The van der Waals surface area contributed by atoms with Gasteiger partial charge < -0.3 is 16.4 Å². The standard InChI is InChI=1S/C17H21N4.C8H9ClN.2Ac/c18-13-15-1-3-16(4-2-15)14-20-9-11-21(12-10-20)17-5-7-19-8-6-17;9-5-7-1-3-8(6-10)4-2-7;;/h1-8,18H,9-14H2;1-4,10H,5-6H2;;/q2*-1;;. The van der Waals surface area contributed by atoms with Crippen molar-refractivity contribution in [1.29, 1.82) is 0 Å². The Balaban J connectivity index is 0.000000388. The molecule has 33 heavy (non-hydrogen) atoms. The van der Waals surface area contributed by atoms with Gasteiger partial charge in [-0.05, 0) is 23.3 Å². The summed E-state index contributed by atoms with van der Waals surface area (Å²) in [5.41, 5.74) is 20.2. The number of hydrogen-bond donors (Lipinski definition) is 0. The smallest absolute Gasteiger partial charge is 0.0474 e. The van der Waals surface area contributed by atoms with Crippen LogP contribution in [0.5, 0.6) is 0 Å². The van der Waals surface area contributed by atoms with Crippen molar-refractivity contribution in [1.82, 2.24) is 9.88 Å². The third kappa shape index (κ3) is 10.9. The number of aromatic nitrogens is 1. The molecular weight excluding hydrogens is 860 g/mol. The van der Waals surface area contributed by atoms with Gasteiger partial charge in [0.2, 0.25) is 0 Å². The van der Waals surface area contributed by atoms with E-state index in [1.807, 2.05) is 36.7 Å². The van der Waals surface area contributed by atoms with Crippen molar-refractivity contribution >= 4 is 17.3 Å². The van der Waals surface area contributed by atoms with E-state index in [0.717, 1.165) is 49.4 Å². The summed E-state index contributed by atoms with van der Waals surface area (Å²) in [6, 6.07) is 20.4. The van der Waals surface area contributed by atoms with Crippen molar-refractivity contribution in [2.45, 2.75) is 25.5 Å². The van der Waals surface area contributed by atoms with Gasteiger partial charge in [0.1, 0.15) is 0 Å². The molecule has 4 rings (SSSR count). The minimum Gasteiger partial charge on any atom is -0.674 e. The van der Waals surface area contributed by atoms with E-state index in [9.17, 15) is 0 Å². The summed E-state index contributed by atoms with van der Waals surface area (Å²) in [6.07, 6.45) is 3.71. The second-order valence-electron chi connectivity index (χ2n) is 7.59. The summed E-state index contributed by atoms with van der Waals surface area (Å²) in [7, 11) is 0. The number of alkyl halides is 1. The van der Waals surface area contributed by atoms with E-state index in [4.69, 9.17) is 23.1 Å². The predicted molar refractivity (Wildman–Crippen MR) is 130 cm³/mol. The van der Waals surface area contributed by atoms with Crippen LogP contribution in [0.3, 0.4) is 0 Å². The number of anilines is 1. The number of piperazine rings is 1. The molecule has 1 aromatic heterocycles. The quantitative estimate of drug-likeness (QED) is 0.289. The molecule has 170 valence electrons. The van der Waals surface area contributed by atoms with Crippen LogP contribution in [-0.2, 0) is 25.5 Å². The second kappa shape index (κ2) is 17.8. The second-order valence-corrected chi connectivity index (χ2v) is 7.86. The van der Waals surface area contributed by atoms with E-state index in [0.29, 0.717) is 19.0 Å². The summed E-state index contributed by atoms with van der Waals surface area (Å²) in [5, 5.41) is 0. The van der Waals surface area contributed by atoms with Crippen LogP contribution in [0.1, 0.15) is 22.3 Å². The first-order chi connectivity index (χ1) is 15.2. The molecule has 0 aliphatic carbocycles. The molecule has 0 spiro atoms. The maximum absolute atomic E-state index is 7.35. The number of benzene rings is 2. The maximum Gasteiger partial charge on any atom is 0.0474 e. The molecule has 0 atom stereocenters. The van der Waals surface area contributed by atoms with Crippen LogP contribution in [0.15, 0.2) is 73.1 Å². The summed E-state index contributed by atoms with van der Waals surface area (Å²) < 4.78 is 0. The zero-order valence-corrected chi connectivity index (χ0v) is 29.2. The van der Waals surface area contributed by atoms with Gasteiger partial charge in [0.25, 0.3) is 0 Å². The molecule has 1 saturated heterocycles. The monoisotopic (exact) mass is 889 g/mol. The minimum absolute atomic E-state index is 0. The molecule has 1 aliphatic heterocycles. The number of nitrogens with one attached hydrogen (secondary N) is 2. The van der Waals surface area contributed by atoms with Crippen LogP contribution < -0.4 is 4.90 Å². The third-order valence-corrected chi connectivity index (χ3v) is 5.72. The number of halogens is 1. The molecule has 0 saturated carbocycles. The van der Waals surface area contributed by atoms with Gasteiger partial charge in [0, 0.05) is 145 Å². The number of nitrogens with zero attached hydrogens (tertiary/aromatic N) is 3. The maximum atomic E-state index is 7.35. The number of pyridine rings is 1. The zero-order valence-electron chi connectivity index (χ0n) is 19.0. The van der Waals surface area contributed by atoms with Gasteiger partial charge in [-0.3, -0.25) is 9.88 Å². The molecular formula is C25H30Ac2ClN5-2.